The molecule has 2 heteroatoms. The van der Waals surface area contributed by atoms with Crippen molar-refractivity contribution in [2.45, 2.75) is 40.3 Å². The number of nitrogens with one attached hydrogen (secondary N) is 1. The van der Waals surface area contributed by atoms with E-state index in [1.165, 1.54) is 5.56 Å². The van der Waals surface area contributed by atoms with Crippen molar-refractivity contribution in [1.29, 1.82) is 0 Å². The molecular formula is C13H20ClN. The molecule has 0 amide bonds. The maximum Gasteiger partial charge on any atom is 0.0438 e. The van der Waals surface area contributed by atoms with Crippen LogP contribution >= 0.6 is 11.6 Å². The Labute approximate surface area is 97.8 Å². The molecule has 0 aliphatic rings. The summed E-state index contributed by atoms with van der Waals surface area (Å²) in [6, 6.07) is 6.77. The van der Waals surface area contributed by atoms with Crippen molar-refractivity contribution in [3.05, 3.63) is 34.3 Å². The Morgan fingerprint density at radius 3 is 2.47 bits per heavy atom. The van der Waals surface area contributed by atoms with Crippen LogP contribution in [-0.4, -0.2) is 6.04 Å². The van der Waals surface area contributed by atoms with Gasteiger partial charge in [-0.15, -0.1) is 0 Å². The molecule has 0 spiro atoms. The van der Waals surface area contributed by atoms with E-state index in [4.69, 9.17) is 11.6 Å². The van der Waals surface area contributed by atoms with E-state index in [2.05, 4.69) is 38.2 Å². The summed E-state index contributed by atoms with van der Waals surface area (Å²) >= 11 is 6.06. The summed E-state index contributed by atoms with van der Waals surface area (Å²) in [5, 5.41) is 4.34. The predicted molar refractivity (Wildman–Crippen MR) is 67.3 cm³/mol. The van der Waals surface area contributed by atoms with Crippen LogP contribution in [0.1, 0.15) is 31.9 Å². The molecule has 1 aromatic rings. The van der Waals surface area contributed by atoms with Crippen LogP contribution < -0.4 is 5.32 Å². The maximum atomic E-state index is 6.06. The van der Waals surface area contributed by atoms with E-state index in [-0.39, 0.29) is 0 Å². The van der Waals surface area contributed by atoms with Gasteiger partial charge in [-0.2, -0.15) is 0 Å². The highest BCUT2D eigenvalue weighted by Gasteiger charge is 2.06. The lowest BCUT2D eigenvalue weighted by molar-refractivity contribution is 0.426. The van der Waals surface area contributed by atoms with Crippen molar-refractivity contribution in [3.63, 3.8) is 0 Å². The van der Waals surface area contributed by atoms with Gasteiger partial charge in [-0.25, -0.2) is 0 Å². The molecule has 0 saturated carbocycles. The van der Waals surface area contributed by atoms with Crippen molar-refractivity contribution in [2.24, 2.45) is 5.92 Å². The lowest BCUT2D eigenvalue weighted by atomic mass is 10.1. The smallest absolute Gasteiger partial charge is 0.0438 e. The van der Waals surface area contributed by atoms with Gasteiger partial charge in [0, 0.05) is 17.6 Å². The van der Waals surface area contributed by atoms with Crippen molar-refractivity contribution < 1.29 is 0 Å². The summed E-state index contributed by atoms with van der Waals surface area (Å²) in [7, 11) is 0. The quantitative estimate of drug-likeness (QED) is 0.823. The van der Waals surface area contributed by atoms with E-state index in [0.717, 1.165) is 17.1 Å². The van der Waals surface area contributed by atoms with Gasteiger partial charge in [-0.05, 0) is 37.0 Å². The summed E-state index contributed by atoms with van der Waals surface area (Å²) in [6.45, 7) is 9.57. The van der Waals surface area contributed by atoms with Crippen LogP contribution in [0.4, 0.5) is 0 Å². The second kappa shape index (κ2) is 5.53. The van der Waals surface area contributed by atoms with Crippen LogP contribution in [0.15, 0.2) is 18.2 Å². The summed E-state index contributed by atoms with van der Waals surface area (Å²) in [5.74, 6) is 0.658. The van der Waals surface area contributed by atoms with Crippen LogP contribution in [-0.2, 0) is 6.54 Å². The Balaban J connectivity index is 2.55. The van der Waals surface area contributed by atoms with Gasteiger partial charge in [0.2, 0.25) is 0 Å². The highest BCUT2D eigenvalue weighted by Crippen LogP contribution is 2.16. The molecular weight excluding hydrogens is 206 g/mol. The first kappa shape index (κ1) is 12.5. The molecule has 0 aromatic heterocycles. The van der Waals surface area contributed by atoms with Crippen LogP contribution in [0.5, 0.6) is 0 Å². The molecule has 0 bridgehead atoms. The number of hydrogen-bond donors (Lipinski definition) is 1. The molecule has 1 aromatic carbocycles. The molecule has 0 heterocycles. The third kappa shape index (κ3) is 3.84. The zero-order valence-corrected chi connectivity index (χ0v) is 10.7. The summed E-state index contributed by atoms with van der Waals surface area (Å²) < 4.78 is 0. The van der Waals surface area contributed by atoms with E-state index < -0.39 is 0 Å². The minimum atomic E-state index is 0.532. The van der Waals surface area contributed by atoms with Gasteiger partial charge in [0.15, 0.2) is 0 Å². The average molecular weight is 226 g/mol. The first-order valence-corrected chi connectivity index (χ1v) is 5.87. The molecule has 84 valence electrons. The van der Waals surface area contributed by atoms with Gasteiger partial charge in [-0.1, -0.05) is 37.6 Å². The van der Waals surface area contributed by atoms with Crippen molar-refractivity contribution in [1.82, 2.24) is 5.32 Å². The predicted octanol–water partition coefficient (Wildman–Crippen LogP) is 3.78. The molecule has 1 unspecified atom stereocenters. The number of hydrogen-bond acceptors (Lipinski definition) is 1. The molecule has 15 heavy (non-hydrogen) atoms. The summed E-state index contributed by atoms with van der Waals surface area (Å²) in [6.07, 6.45) is 0. The zero-order valence-electron chi connectivity index (χ0n) is 9.97. The summed E-state index contributed by atoms with van der Waals surface area (Å²) in [5.41, 5.74) is 2.38. The molecule has 0 aliphatic heterocycles. The van der Waals surface area contributed by atoms with Gasteiger partial charge in [0.25, 0.3) is 0 Å². The van der Waals surface area contributed by atoms with Gasteiger partial charge in [0.05, 0.1) is 0 Å². The molecule has 0 radical (unpaired) electrons. The fraction of sp³-hybridized carbons (Fsp3) is 0.538. The number of benzene rings is 1. The molecule has 1 N–H and O–H groups in total. The van der Waals surface area contributed by atoms with Gasteiger partial charge >= 0.3 is 0 Å². The van der Waals surface area contributed by atoms with Crippen molar-refractivity contribution >= 4 is 11.6 Å². The van der Waals surface area contributed by atoms with Gasteiger partial charge in [0.1, 0.15) is 0 Å². The van der Waals surface area contributed by atoms with Crippen LogP contribution in [0.2, 0.25) is 5.02 Å². The minimum absolute atomic E-state index is 0.532. The SMILES string of the molecule is Cc1ccc(CNC(C)C(C)C)cc1Cl. The van der Waals surface area contributed by atoms with E-state index in [1.54, 1.807) is 0 Å². The standard InChI is InChI=1S/C13H20ClN/c1-9(2)11(4)15-8-12-6-5-10(3)13(14)7-12/h5-7,9,11,15H,8H2,1-4H3. The number of rotatable bonds is 4. The van der Waals surface area contributed by atoms with E-state index in [0.29, 0.717) is 12.0 Å². The van der Waals surface area contributed by atoms with E-state index >= 15 is 0 Å². The second-order valence-electron chi connectivity index (χ2n) is 4.50. The summed E-state index contributed by atoms with van der Waals surface area (Å²) in [4.78, 5) is 0. The molecule has 1 nitrogen and oxygen atoms in total. The van der Waals surface area contributed by atoms with Crippen molar-refractivity contribution in [2.75, 3.05) is 0 Å². The average Bonchev–Trinajstić information content (AvgIpc) is 2.19. The fourth-order valence-corrected chi connectivity index (χ4v) is 1.46. The highest BCUT2D eigenvalue weighted by atomic mass is 35.5. The second-order valence-corrected chi connectivity index (χ2v) is 4.90. The molecule has 0 aliphatic carbocycles. The highest BCUT2D eigenvalue weighted by molar-refractivity contribution is 6.31. The Kier molecular flexibility index (Phi) is 4.62. The first-order chi connectivity index (χ1) is 7.00. The van der Waals surface area contributed by atoms with Gasteiger partial charge < -0.3 is 5.32 Å². The topological polar surface area (TPSA) is 12.0 Å². The molecule has 1 rings (SSSR count). The lowest BCUT2D eigenvalue weighted by Crippen LogP contribution is -2.30. The number of halogens is 1. The van der Waals surface area contributed by atoms with E-state index in [1.807, 2.05) is 13.0 Å². The van der Waals surface area contributed by atoms with Crippen molar-refractivity contribution in [3.8, 4) is 0 Å². The van der Waals surface area contributed by atoms with E-state index in [9.17, 15) is 0 Å². The molecule has 0 saturated heterocycles. The maximum absolute atomic E-state index is 6.06. The first-order valence-electron chi connectivity index (χ1n) is 5.49. The van der Waals surface area contributed by atoms with Gasteiger partial charge in [-0.3, -0.25) is 0 Å². The van der Waals surface area contributed by atoms with Crippen LogP contribution in [0.25, 0.3) is 0 Å². The zero-order chi connectivity index (χ0) is 11.4. The Morgan fingerprint density at radius 1 is 1.27 bits per heavy atom. The largest absolute Gasteiger partial charge is 0.310 e. The lowest BCUT2D eigenvalue weighted by Gasteiger charge is -2.17. The third-order valence-corrected chi connectivity index (χ3v) is 3.27. The Bertz CT molecular complexity index is 320. The molecule has 1 atom stereocenters. The van der Waals surface area contributed by atoms with Crippen LogP contribution in [0, 0.1) is 12.8 Å². The number of aryl methyl sites for hydroxylation is 1. The fourth-order valence-electron chi connectivity index (χ4n) is 1.26. The Morgan fingerprint density at radius 2 is 1.93 bits per heavy atom. The van der Waals surface area contributed by atoms with Crippen LogP contribution in [0.3, 0.4) is 0 Å². The third-order valence-electron chi connectivity index (χ3n) is 2.86. The normalized spacial score (nSPS) is 13.2. The monoisotopic (exact) mass is 225 g/mol. The Hall–Kier alpha value is -0.530. The minimum Gasteiger partial charge on any atom is -0.310 e. The molecule has 0 fully saturated rings.